The van der Waals surface area contributed by atoms with Gasteiger partial charge in [-0.2, -0.15) is 0 Å². The molecule has 6 heteroatoms. The molecule has 0 bridgehead atoms. The molecule has 1 aromatic rings. The maximum atomic E-state index is 13.2. The van der Waals surface area contributed by atoms with Crippen LogP contribution in [0.4, 0.5) is 9.18 Å². The van der Waals surface area contributed by atoms with E-state index in [-0.39, 0.29) is 29.9 Å². The first-order valence-electron chi connectivity index (χ1n) is 7.67. The molecule has 1 saturated heterocycles. The maximum absolute atomic E-state index is 13.2. The van der Waals surface area contributed by atoms with E-state index >= 15 is 0 Å². The highest BCUT2D eigenvalue weighted by molar-refractivity contribution is 6.31. The predicted molar refractivity (Wildman–Crippen MR) is 82.5 cm³/mol. The molecule has 4 nitrogen and oxygen atoms in total. The van der Waals surface area contributed by atoms with Gasteiger partial charge in [-0.1, -0.05) is 17.7 Å². The lowest BCUT2D eigenvalue weighted by molar-refractivity contribution is 0.156. The number of likely N-dealkylation sites (tertiary alicyclic amines) is 1. The van der Waals surface area contributed by atoms with Crippen molar-refractivity contribution in [3.63, 3.8) is 0 Å². The fraction of sp³-hybridized carbons (Fsp3) is 0.562. The fourth-order valence-electron chi connectivity index (χ4n) is 3.25. The first kappa shape index (κ1) is 15.6. The number of benzene rings is 1. The van der Waals surface area contributed by atoms with Gasteiger partial charge in [0, 0.05) is 23.5 Å². The van der Waals surface area contributed by atoms with Crippen LogP contribution >= 0.6 is 11.6 Å². The minimum atomic E-state index is -0.351. The van der Waals surface area contributed by atoms with Crippen molar-refractivity contribution in [1.82, 2.24) is 10.2 Å². The molecule has 0 aromatic heterocycles. The minimum Gasteiger partial charge on any atom is -0.394 e. The average molecular weight is 327 g/mol. The first-order valence-corrected chi connectivity index (χ1v) is 8.04. The molecular weight excluding hydrogens is 307 g/mol. The van der Waals surface area contributed by atoms with Crippen molar-refractivity contribution in [3.8, 4) is 0 Å². The molecule has 2 N–H and O–H groups in total. The first-order chi connectivity index (χ1) is 10.6. The smallest absolute Gasteiger partial charge is 0.317 e. The van der Waals surface area contributed by atoms with Crippen LogP contribution < -0.4 is 5.32 Å². The summed E-state index contributed by atoms with van der Waals surface area (Å²) in [4.78, 5) is 14.0. The molecule has 120 valence electrons. The van der Waals surface area contributed by atoms with Crippen molar-refractivity contribution >= 4 is 17.6 Å². The summed E-state index contributed by atoms with van der Waals surface area (Å²) in [6.45, 7) is 1.18. The molecule has 0 spiro atoms. The number of nitrogens with one attached hydrogen (secondary N) is 1. The third-order valence-corrected chi connectivity index (χ3v) is 5.10. The predicted octanol–water partition coefficient (Wildman–Crippen LogP) is 2.68. The monoisotopic (exact) mass is 326 g/mol. The zero-order valence-electron chi connectivity index (χ0n) is 12.3. The van der Waals surface area contributed by atoms with Crippen LogP contribution in [0.3, 0.4) is 0 Å². The lowest BCUT2D eigenvalue weighted by Crippen LogP contribution is -2.46. The summed E-state index contributed by atoms with van der Waals surface area (Å²) in [5, 5.41) is 12.7. The van der Waals surface area contributed by atoms with Gasteiger partial charge >= 0.3 is 6.03 Å². The van der Waals surface area contributed by atoms with Gasteiger partial charge in [0.05, 0.1) is 12.6 Å². The quantitative estimate of drug-likeness (QED) is 0.893. The van der Waals surface area contributed by atoms with Crippen LogP contribution in [-0.4, -0.2) is 41.8 Å². The molecule has 2 amide bonds. The van der Waals surface area contributed by atoms with E-state index in [2.05, 4.69) is 5.32 Å². The van der Waals surface area contributed by atoms with Crippen molar-refractivity contribution in [2.24, 2.45) is 0 Å². The molecule has 1 aliphatic carbocycles. The number of carbonyl (C=O) groups is 1. The van der Waals surface area contributed by atoms with Crippen LogP contribution in [-0.2, 0) is 5.41 Å². The van der Waals surface area contributed by atoms with E-state index in [4.69, 9.17) is 11.6 Å². The molecule has 1 heterocycles. The molecule has 1 atom stereocenters. The molecule has 0 radical (unpaired) electrons. The van der Waals surface area contributed by atoms with Gasteiger partial charge in [0.15, 0.2) is 0 Å². The van der Waals surface area contributed by atoms with E-state index in [9.17, 15) is 14.3 Å². The Morgan fingerprint density at radius 2 is 2.27 bits per heavy atom. The van der Waals surface area contributed by atoms with Crippen LogP contribution in [0, 0.1) is 5.82 Å². The van der Waals surface area contributed by atoms with Crippen molar-refractivity contribution in [3.05, 3.63) is 34.6 Å². The summed E-state index contributed by atoms with van der Waals surface area (Å²) in [6.07, 6.45) is 3.64. The molecule has 2 aliphatic rings. The zero-order valence-corrected chi connectivity index (χ0v) is 13.1. The third kappa shape index (κ3) is 2.92. The number of aliphatic hydroxyl groups is 1. The number of nitrogens with zero attached hydrogens (tertiary/aromatic N) is 1. The lowest BCUT2D eigenvalue weighted by Gasteiger charge is -2.25. The molecule has 3 rings (SSSR count). The Morgan fingerprint density at radius 1 is 1.50 bits per heavy atom. The summed E-state index contributed by atoms with van der Waals surface area (Å²) in [5.74, 6) is -0.351. The Kier molecular flexibility index (Phi) is 4.28. The number of hydrogen-bond donors (Lipinski definition) is 2. The third-order valence-electron chi connectivity index (χ3n) is 4.78. The second-order valence-electron chi connectivity index (χ2n) is 6.24. The van der Waals surface area contributed by atoms with Gasteiger partial charge in [-0.15, -0.1) is 0 Å². The maximum Gasteiger partial charge on any atom is 0.317 e. The van der Waals surface area contributed by atoms with Gasteiger partial charge in [-0.25, -0.2) is 9.18 Å². The van der Waals surface area contributed by atoms with Crippen LogP contribution in [0.15, 0.2) is 18.2 Å². The van der Waals surface area contributed by atoms with E-state index in [1.54, 1.807) is 11.0 Å². The summed E-state index contributed by atoms with van der Waals surface area (Å²) >= 11 is 6.15. The minimum absolute atomic E-state index is 0.00233. The van der Waals surface area contributed by atoms with Gasteiger partial charge in [0.1, 0.15) is 5.82 Å². The highest BCUT2D eigenvalue weighted by atomic mass is 35.5. The topological polar surface area (TPSA) is 52.6 Å². The van der Waals surface area contributed by atoms with Gasteiger partial charge in [0.2, 0.25) is 0 Å². The highest BCUT2D eigenvalue weighted by Crippen LogP contribution is 2.50. The van der Waals surface area contributed by atoms with Crippen molar-refractivity contribution in [2.45, 2.75) is 37.1 Å². The Bertz CT molecular complexity index is 577. The summed E-state index contributed by atoms with van der Waals surface area (Å²) in [6, 6.07) is 4.22. The molecule has 1 aromatic carbocycles. The number of rotatable bonds is 4. The summed E-state index contributed by atoms with van der Waals surface area (Å²) in [5.41, 5.74) is 0.727. The van der Waals surface area contributed by atoms with E-state index < -0.39 is 0 Å². The van der Waals surface area contributed by atoms with Gasteiger partial charge < -0.3 is 15.3 Å². The number of halogens is 2. The van der Waals surface area contributed by atoms with E-state index in [0.29, 0.717) is 18.1 Å². The second-order valence-corrected chi connectivity index (χ2v) is 6.64. The molecule has 1 saturated carbocycles. The standard InChI is InChI=1S/C16H20ClFN2O2/c17-14-8-11(18)3-4-13(14)16(5-6-16)10-19-15(22)20-7-1-2-12(20)9-21/h3-4,8,12,21H,1-2,5-7,9-10H2,(H,19,22)/t12-/m1/s1. The SMILES string of the molecule is O=C(NCC1(c2ccc(F)cc2Cl)CC1)N1CCC[C@@H]1CO. The van der Waals surface area contributed by atoms with Gasteiger partial charge in [-0.3, -0.25) is 0 Å². The zero-order chi connectivity index (χ0) is 15.7. The van der Waals surface area contributed by atoms with Gasteiger partial charge in [0.25, 0.3) is 0 Å². The Labute approximate surface area is 134 Å². The molecule has 22 heavy (non-hydrogen) atoms. The van der Waals surface area contributed by atoms with Gasteiger partial charge in [-0.05, 0) is 43.4 Å². The van der Waals surface area contributed by atoms with Crippen LogP contribution in [0.5, 0.6) is 0 Å². The van der Waals surface area contributed by atoms with Crippen molar-refractivity contribution in [1.29, 1.82) is 0 Å². The Hall–Kier alpha value is -1.33. The van der Waals surface area contributed by atoms with Crippen LogP contribution in [0.2, 0.25) is 5.02 Å². The van der Waals surface area contributed by atoms with E-state index in [1.165, 1.54) is 12.1 Å². The van der Waals surface area contributed by atoms with E-state index in [0.717, 1.165) is 31.2 Å². The normalized spacial score (nSPS) is 22.7. The van der Waals surface area contributed by atoms with Crippen LogP contribution in [0.1, 0.15) is 31.2 Å². The number of hydrogen-bond acceptors (Lipinski definition) is 2. The molecular formula is C16H20ClFN2O2. The Balaban J connectivity index is 1.64. The van der Waals surface area contributed by atoms with Crippen LogP contribution in [0.25, 0.3) is 0 Å². The van der Waals surface area contributed by atoms with Crippen molar-refractivity contribution < 1.29 is 14.3 Å². The lowest BCUT2D eigenvalue weighted by atomic mass is 9.96. The number of aliphatic hydroxyl groups excluding tert-OH is 1. The summed E-state index contributed by atoms with van der Waals surface area (Å²) in [7, 11) is 0. The second kappa shape index (κ2) is 6.05. The highest BCUT2D eigenvalue weighted by Gasteiger charge is 2.46. The van der Waals surface area contributed by atoms with E-state index in [1.807, 2.05) is 0 Å². The molecule has 0 unspecified atom stereocenters. The fourth-order valence-corrected chi connectivity index (χ4v) is 3.62. The Morgan fingerprint density at radius 3 is 2.91 bits per heavy atom. The summed E-state index contributed by atoms with van der Waals surface area (Å²) < 4.78 is 13.2. The van der Waals surface area contributed by atoms with Crippen molar-refractivity contribution in [2.75, 3.05) is 19.7 Å². The largest absolute Gasteiger partial charge is 0.394 e. The number of amides is 2. The average Bonchev–Trinajstić information content (AvgIpc) is 3.11. The molecule has 1 aliphatic heterocycles. The molecule has 2 fully saturated rings. The number of urea groups is 1. The number of carbonyl (C=O) groups excluding carboxylic acids is 1.